The van der Waals surface area contributed by atoms with Crippen molar-refractivity contribution in [3.8, 4) is 0 Å². The predicted molar refractivity (Wildman–Crippen MR) is 93.7 cm³/mol. The van der Waals surface area contributed by atoms with Gasteiger partial charge in [-0.05, 0) is 49.9 Å². The van der Waals surface area contributed by atoms with E-state index in [4.69, 9.17) is 0 Å². The molecule has 0 spiro atoms. The Morgan fingerprint density at radius 3 is 3.04 bits per heavy atom. The summed E-state index contributed by atoms with van der Waals surface area (Å²) < 4.78 is 14.8. The number of hydrogen-bond donors (Lipinski definition) is 1. The summed E-state index contributed by atoms with van der Waals surface area (Å²) in [7, 11) is 0. The second-order valence-corrected chi connectivity index (χ2v) is 7.53. The minimum absolute atomic E-state index is 0.0897. The molecule has 1 aromatic carbocycles. The largest absolute Gasteiger partial charge is 0.350 e. The van der Waals surface area contributed by atoms with E-state index in [0.29, 0.717) is 16.8 Å². The molecule has 0 radical (unpaired) electrons. The Balaban J connectivity index is 1.62. The number of rotatable bonds is 4. The summed E-state index contributed by atoms with van der Waals surface area (Å²) in [5, 5.41) is 3.57. The molecule has 1 N–H and O–H groups in total. The second-order valence-electron chi connectivity index (χ2n) is 6.47. The van der Waals surface area contributed by atoms with E-state index in [1.165, 1.54) is 30.2 Å². The molecule has 1 unspecified atom stereocenters. The first kappa shape index (κ1) is 16.4. The fraction of sp³-hybridized carbons (Fsp3) is 0.500. The summed E-state index contributed by atoms with van der Waals surface area (Å²) in [6.45, 7) is 7.86. The number of fused-ring (bicyclic) bond motifs is 1. The number of thiophene rings is 1. The minimum atomic E-state index is -0.252. The van der Waals surface area contributed by atoms with Crippen molar-refractivity contribution in [2.45, 2.75) is 26.7 Å². The molecule has 3 nitrogen and oxygen atoms in total. The van der Waals surface area contributed by atoms with Crippen molar-refractivity contribution in [3.05, 3.63) is 34.5 Å². The number of piperidine rings is 1. The van der Waals surface area contributed by atoms with Crippen molar-refractivity contribution in [2.24, 2.45) is 5.92 Å². The number of hydrogen-bond acceptors (Lipinski definition) is 3. The van der Waals surface area contributed by atoms with Gasteiger partial charge in [0.2, 0.25) is 0 Å². The average Bonchev–Trinajstić information content (AvgIpc) is 2.86. The third kappa shape index (κ3) is 3.56. The van der Waals surface area contributed by atoms with E-state index < -0.39 is 0 Å². The van der Waals surface area contributed by atoms with E-state index in [9.17, 15) is 9.18 Å². The van der Waals surface area contributed by atoms with Gasteiger partial charge in [0.15, 0.2) is 0 Å². The lowest BCUT2D eigenvalue weighted by Gasteiger charge is -2.30. The van der Waals surface area contributed by atoms with Gasteiger partial charge in [-0.25, -0.2) is 4.39 Å². The first-order valence-electron chi connectivity index (χ1n) is 8.24. The van der Waals surface area contributed by atoms with Crippen LogP contribution in [0.5, 0.6) is 0 Å². The fourth-order valence-electron chi connectivity index (χ4n) is 3.37. The molecule has 1 aliphatic rings. The normalized spacial score (nSPS) is 19.2. The SMILES string of the molecule is Cc1c(C(=O)NCCN2CCCC(C)C2)sc2cccc(F)c12. The molecule has 124 valence electrons. The highest BCUT2D eigenvalue weighted by molar-refractivity contribution is 7.21. The molecule has 1 aromatic heterocycles. The number of carbonyl (C=O) groups is 1. The molecule has 0 aliphatic carbocycles. The van der Waals surface area contributed by atoms with E-state index in [2.05, 4.69) is 17.1 Å². The molecule has 3 rings (SSSR count). The number of benzene rings is 1. The van der Waals surface area contributed by atoms with Gasteiger partial charge in [0.25, 0.3) is 5.91 Å². The summed E-state index contributed by atoms with van der Waals surface area (Å²) in [4.78, 5) is 15.4. The van der Waals surface area contributed by atoms with Gasteiger partial charge in [-0.2, -0.15) is 0 Å². The summed E-state index contributed by atoms with van der Waals surface area (Å²) in [5.74, 6) is 0.401. The predicted octanol–water partition coefficient (Wildman–Crippen LogP) is 3.81. The lowest BCUT2D eigenvalue weighted by molar-refractivity contribution is 0.0947. The first-order chi connectivity index (χ1) is 11.1. The highest BCUT2D eigenvalue weighted by Crippen LogP contribution is 2.32. The maximum absolute atomic E-state index is 13.9. The molecule has 1 fully saturated rings. The minimum Gasteiger partial charge on any atom is -0.350 e. The molecular formula is C18H23FN2OS. The van der Waals surface area contributed by atoms with Crippen molar-refractivity contribution in [2.75, 3.05) is 26.2 Å². The number of aryl methyl sites for hydroxylation is 1. The molecule has 23 heavy (non-hydrogen) atoms. The Morgan fingerprint density at radius 2 is 2.30 bits per heavy atom. The Labute approximate surface area is 140 Å². The highest BCUT2D eigenvalue weighted by Gasteiger charge is 2.19. The number of likely N-dealkylation sites (tertiary alicyclic amines) is 1. The van der Waals surface area contributed by atoms with Gasteiger partial charge < -0.3 is 10.2 Å². The van der Waals surface area contributed by atoms with E-state index >= 15 is 0 Å². The Bertz CT molecular complexity index is 712. The van der Waals surface area contributed by atoms with Crippen LogP contribution in [0.1, 0.15) is 35.0 Å². The van der Waals surface area contributed by atoms with Crippen LogP contribution in [0, 0.1) is 18.7 Å². The topological polar surface area (TPSA) is 32.3 Å². The third-order valence-electron chi connectivity index (χ3n) is 4.56. The van der Waals surface area contributed by atoms with Crippen molar-refractivity contribution in [1.82, 2.24) is 10.2 Å². The number of carbonyl (C=O) groups excluding carboxylic acids is 1. The van der Waals surface area contributed by atoms with Gasteiger partial charge in [0, 0.05) is 29.7 Å². The Morgan fingerprint density at radius 1 is 1.48 bits per heavy atom. The quantitative estimate of drug-likeness (QED) is 0.922. The van der Waals surface area contributed by atoms with Crippen molar-refractivity contribution < 1.29 is 9.18 Å². The molecule has 0 bridgehead atoms. The van der Waals surface area contributed by atoms with Crippen LogP contribution in [0.25, 0.3) is 10.1 Å². The van der Waals surface area contributed by atoms with Crippen LogP contribution in [-0.2, 0) is 0 Å². The van der Waals surface area contributed by atoms with E-state index in [1.54, 1.807) is 6.07 Å². The number of nitrogens with zero attached hydrogens (tertiary/aromatic N) is 1. The molecule has 1 aliphatic heterocycles. The Kier molecular flexibility index (Phi) is 4.97. The molecule has 1 amide bonds. The van der Waals surface area contributed by atoms with Gasteiger partial charge in [0.05, 0.1) is 4.88 Å². The summed E-state index contributed by atoms with van der Waals surface area (Å²) in [6.07, 6.45) is 2.54. The van der Waals surface area contributed by atoms with Crippen LogP contribution in [0.2, 0.25) is 0 Å². The molecular weight excluding hydrogens is 311 g/mol. The number of halogens is 1. The second kappa shape index (κ2) is 6.97. The van der Waals surface area contributed by atoms with Gasteiger partial charge in [-0.3, -0.25) is 4.79 Å². The standard InChI is InChI=1S/C18H23FN2OS/c1-12-5-4-9-21(11-12)10-8-20-18(22)17-13(2)16-14(19)6-3-7-15(16)23-17/h3,6-7,12H,4-5,8-11H2,1-2H3,(H,20,22). The van der Waals surface area contributed by atoms with Crippen LogP contribution >= 0.6 is 11.3 Å². The van der Waals surface area contributed by atoms with E-state index in [0.717, 1.165) is 35.8 Å². The zero-order valence-electron chi connectivity index (χ0n) is 13.7. The molecule has 1 atom stereocenters. The molecule has 5 heteroatoms. The van der Waals surface area contributed by atoms with E-state index in [-0.39, 0.29) is 11.7 Å². The Hall–Kier alpha value is -1.46. The van der Waals surface area contributed by atoms with Crippen LogP contribution in [0.4, 0.5) is 4.39 Å². The van der Waals surface area contributed by atoms with Crippen LogP contribution in [-0.4, -0.2) is 37.0 Å². The third-order valence-corrected chi connectivity index (χ3v) is 5.82. The average molecular weight is 334 g/mol. The highest BCUT2D eigenvalue weighted by atomic mass is 32.1. The van der Waals surface area contributed by atoms with Gasteiger partial charge >= 0.3 is 0 Å². The number of nitrogens with one attached hydrogen (secondary N) is 1. The maximum atomic E-state index is 13.9. The van der Waals surface area contributed by atoms with Crippen molar-refractivity contribution in [3.63, 3.8) is 0 Å². The van der Waals surface area contributed by atoms with Crippen molar-refractivity contribution in [1.29, 1.82) is 0 Å². The zero-order chi connectivity index (χ0) is 16.4. The smallest absolute Gasteiger partial charge is 0.261 e. The van der Waals surface area contributed by atoms with Crippen LogP contribution < -0.4 is 5.32 Å². The summed E-state index contributed by atoms with van der Waals surface area (Å²) >= 11 is 1.37. The van der Waals surface area contributed by atoms with Gasteiger partial charge in [0.1, 0.15) is 5.82 Å². The molecule has 2 heterocycles. The summed E-state index contributed by atoms with van der Waals surface area (Å²) in [5.41, 5.74) is 0.743. The molecule has 1 saturated heterocycles. The summed E-state index contributed by atoms with van der Waals surface area (Å²) in [6, 6.07) is 5.00. The zero-order valence-corrected chi connectivity index (χ0v) is 14.5. The van der Waals surface area contributed by atoms with Gasteiger partial charge in [-0.1, -0.05) is 13.0 Å². The lowest BCUT2D eigenvalue weighted by Crippen LogP contribution is -2.40. The molecule has 2 aromatic rings. The van der Waals surface area contributed by atoms with Crippen LogP contribution in [0.15, 0.2) is 18.2 Å². The first-order valence-corrected chi connectivity index (χ1v) is 9.06. The fourth-order valence-corrected chi connectivity index (χ4v) is 4.51. The molecule has 0 saturated carbocycles. The monoisotopic (exact) mass is 334 g/mol. The lowest BCUT2D eigenvalue weighted by atomic mass is 10.0. The van der Waals surface area contributed by atoms with Crippen LogP contribution in [0.3, 0.4) is 0 Å². The van der Waals surface area contributed by atoms with Gasteiger partial charge in [-0.15, -0.1) is 11.3 Å². The number of amides is 1. The van der Waals surface area contributed by atoms with E-state index in [1.807, 2.05) is 13.0 Å². The van der Waals surface area contributed by atoms with Crippen molar-refractivity contribution >= 4 is 27.3 Å². The maximum Gasteiger partial charge on any atom is 0.261 e.